The number of carboxylic acids is 1. The van der Waals surface area contributed by atoms with Gasteiger partial charge in [0.25, 0.3) is 0 Å². The number of allylic oxidation sites excluding steroid dienone is 4. The second-order valence-electron chi connectivity index (χ2n) is 14.4. The molecule has 9 atom stereocenters. The van der Waals surface area contributed by atoms with Crippen molar-refractivity contribution in [3.63, 3.8) is 0 Å². The molecule has 2 N–H and O–H groups in total. The highest BCUT2D eigenvalue weighted by Crippen LogP contribution is 2.71. The number of hydrogen-bond donors (Lipinski definition) is 2. The van der Waals surface area contributed by atoms with Crippen molar-refractivity contribution in [2.75, 3.05) is 7.11 Å². The minimum Gasteiger partial charge on any atom is -0.481 e. The van der Waals surface area contributed by atoms with E-state index in [1.165, 1.54) is 12.7 Å². The number of aliphatic carboxylic acids is 1. The minimum atomic E-state index is -0.899. The van der Waals surface area contributed by atoms with Crippen molar-refractivity contribution < 1.29 is 34.1 Å². The topological polar surface area (TPSA) is 118 Å². The normalized spacial score (nSPS) is 34.9. The van der Waals surface area contributed by atoms with Gasteiger partial charge in [-0.15, -0.1) is 0 Å². The lowest BCUT2D eigenvalue weighted by Crippen LogP contribution is -2.58. The van der Waals surface area contributed by atoms with E-state index in [2.05, 4.69) is 20.8 Å². The van der Waals surface area contributed by atoms with Crippen LogP contribution in [0.5, 0.6) is 0 Å². The summed E-state index contributed by atoms with van der Waals surface area (Å²) < 4.78 is 5.23. The second kappa shape index (κ2) is 12.4. The van der Waals surface area contributed by atoms with E-state index < -0.39 is 23.4 Å². The molecule has 244 valence electrons. The standard InChI is InChI=1S/C23H32O4.C16H14O3/c1-13-10-17-16-7-6-14-11-15(24)8-9-21(14,2)19(16)18(25)12-22(17,3)23(13,4)20(26)27-5;1-11(16(18)19)13-8-5-9-14(10-13)15(17)12-6-3-2-4-7-12/h8-9,11,13,16-19,25H,6-7,10,12H2,1-5H3;2-11H,1H3,(H,18,19)/t13-,16+,17+,18+,19-,21+,22+,23-;/m1./s1. The van der Waals surface area contributed by atoms with Gasteiger partial charge < -0.3 is 14.9 Å². The van der Waals surface area contributed by atoms with E-state index in [-0.39, 0.29) is 40.2 Å². The molecule has 7 heteroatoms. The third-order valence-corrected chi connectivity index (χ3v) is 12.3. The van der Waals surface area contributed by atoms with Crippen LogP contribution in [0.2, 0.25) is 0 Å². The van der Waals surface area contributed by atoms with Crippen LogP contribution < -0.4 is 0 Å². The van der Waals surface area contributed by atoms with Crippen molar-refractivity contribution in [3.8, 4) is 0 Å². The van der Waals surface area contributed by atoms with E-state index >= 15 is 0 Å². The lowest BCUT2D eigenvalue weighted by molar-refractivity contribution is -0.175. The van der Waals surface area contributed by atoms with Gasteiger partial charge in [0.05, 0.1) is 24.5 Å². The third kappa shape index (κ3) is 5.36. The maximum absolute atomic E-state index is 12.8. The predicted octanol–water partition coefficient (Wildman–Crippen LogP) is 6.80. The van der Waals surface area contributed by atoms with Gasteiger partial charge in [0.2, 0.25) is 0 Å². The van der Waals surface area contributed by atoms with Crippen molar-refractivity contribution in [1.82, 2.24) is 0 Å². The van der Waals surface area contributed by atoms with E-state index in [1.54, 1.807) is 67.6 Å². The van der Waals surface area contributed by atoms with Gasteiger partial charge in [-0.2, -0.15) is 0 Å². The van der Waals surface area contributed by atoms with Gasteiger partial charge in [-0.3, -0.25) is 19.2 Å². The summed E-state index contributed by atoms with van der Waals surface area (Å²) in [5.41, 5.74) is 1.81. The van der Waals surface area contributed by atoms with Crippen molar-refractivity contribution in [2.24, 2.45) is 39.9 Å². The molecule has 46 heavy (non-hydrogen) atoms. The molecule has 3 fully saturated rings. The number of fused-ring (bicyclic) bond motifs is 5. The predicted molar refractivity (Wildman–Crippen MR) is 175 cm³/mol. The van der Waals surface area contributed by atoms with E-state index in [9.17, 15) is 24.3 Å². The van der Waals surface area contributed by atoms with Crippen LogP contribution in [0.1, 0.15) is 87.7 Å². The summed E-state index contributed by atoms with van der Waals surface area (Å²) in [6.07, 6.45) is 8.48. The molecule has 1 unspecified atom stereocenters. The maximum Gasteiger partial charge on any atom is 0.312 e. The van der Waals surface area contributed by atoms with Crippen LogP contribution in [-0.2, 0) is 19.1 Å². The molecule has 0 amide bonds. The molecule has 2 aromatic rings. The largest absolute Gasteiger partial charge is 0.481 e. The second-order valence-corrected chi connectivity index (χ2v) is 14.4. The molecule has 7 nitrogen and oxygen atoms in total. The fourth-order valence-corrected chi connectivity index (χ4v) is 9.38. The lowest BCUT2D eigenvalue weighted by Gasteiger charge is -2.60. The van der Waals surface area contributed by atoms with Gasteiger partial charge in [0.1, 0.15) is 0 Å². The molecular weight excluding hydrogens is 580 g/mol. The van der Waals surface area contributed by atoms with Crippen molar-refractivity contribution in [1.29, 1.82) is 0 Å². The molecule has 6 rings (SSSR count). The first-order chi connectivity index (χ1) is 21.7. The first kappa shape index (κ1) is 33.5. The number of benzene rings is 2. The zero-order valence-corrected chi connectivity index (χ0v) is 27.7. The molecule has 0 spiro atoms. The highest BCUT2D eigenvalue weighted by atomic mass is 16.5. The van der Waals surface area contributed by atoms with Crippen LogP contribution in [0.4, 0.5) is 0 Å². The molecule has 3 saturated carbocycles. The maximum atomic E-state index is 12.8. The molecular formula is C39H46O7. The Labute approximate surface area is 271 Å². The van der Waals surface area contributed by atoms with Crippen LogP contribution in [0.25, 0.3) is 0 Å². The number of carboxylic acid groups (broad SMARTS) is 1. The Bertz CT molecular complexity index is 1590. The molecule has 0 aliphatic heterocycles. The minimum absolute atomic E-state index is 0.0591. The number of ketones is 2. The average molecular weight is 627 g/mol. The molecule has 0 aromatic heterocycles. The van der Waals surface area contributed by atoms with Gasteiger partial charge in [0.15, 0.2) is 11.6 Å². The lowest BCUT2D eigenvalue weighted by atomic mass is 9.45. The van der Waals surface area contributed by atoms with Gasteiger partial charge in [-0.05, 0) is 86.5 Å². The van der Waals surface area contributed by atoms with Crippen molar-refractivity contribution in [3.05, 3.63) is 95.1 Å². The molecule has 0 radical (unpaired) electrons. The van der Waals surface area contributed by atoms with Crippen LogP contribution >= 0.6 is 0 Å². The Balaban J connectivity index is 0.000000193. The summed E-state index contributed by atoms with van der Waals surface area (Å²) >= 11 is 0. The van der Waals surface area contributed by atoms with Crippen LogP contribution in [0.3, 0.4) is 0 Å². The molecule has 0 saturated heterocycles. The van der Waals surface area contributed by atoms with Gasteiger partial charge in [0, 0.05) is 22.5 Å². The van der Waals surface area contributed by atoms with E-state index in [0.29, 0.717) is 34.9 Å². The highest BCUT2D eigenvalue weighted by Gasteiger charge is 2.69. The Hall–Kier alpha value is -3.84. The number of methoxy groups -OCH3 is 1. The number of esters is 1. The number of aliphatic hydroxyl groups is 1. The average Bonchev–Trinajstić information content (AvgIpc) is 3.25. The first-order valence-electron chi connectivity index (χ1n) is 16.3. The van der Waals surface area contributed by atoms with Gasteiger partial charge >= 0.3 is 11.9 Å². The van der Waals surface area contributed by atoms with Crippen LogP contribution in [0, 0.1) is 39.9 Å². The van der Waals surface area contributed by atoms with Crippen LogP contribution in [0.15, 0.2) is 78.4 Å². The number of carbonyl (C=O) groups excluding carboxylic acids is 3. The quantitative estimate of drug-likeness (QED) is 0.277. The van der Waals surface area contributed by atoms with Gasteiger partial charge in [-0.1, -0.05) is 81.0 Å². The molecule has 4 aliphatic carbocycles. The van der Waals surface area contributed by atoms with E-state index in [0.717, 1.165) is 19.3 Å². The van der Waals surface area contributed by atoms with Gasteiger partial charge in [-0.25, -0.2) is 0 Å². The SMILES string of the molecule is CC(C(=O)O)c1cccc(C(=O)c2ccccc2)c1.COC(=O)[C@@]1(C)[C@H](C)C[C@H]2[C@@H]3CCC4=CC(=O)C=C[C@]4(C)[C@H]3[C@@H](O)C[C@@]21C. The van der Waals surface area contributed by atoms with E-state index in [1.807, 2.05) is 19.1 Å². The third-order valence-electron chi connectivity index (χ3n) is 12.3. The van der Waals surface area contributed by atoms with Crippen molar-refractivity contribution in [2.45, 2.75) is 72.3 Å². The summed E-state index contributed by atoms with van der Waals surface area (Å²) in [4.78, 5) is 47.9. The molecule has 0 heterocycles. The number of rotatable bonds is 5. The summed E-state index contributed by atoms with van der Waals surface area (Å²) in [5.74, 6) is -0.638. The Kier molecular flexibility index (Phi) is 9.04. The summed E-state index contributed by atoms with van der Waals surface area (Å²) in [5, 5.41) is 20.4. The summed E-state index contributed by atoms with van der Waals surface area (Å²) in [6.45, 7) is 10.2. The van der Waals surface area contributed by atoms with Crippen molar-refractivity contribution >= 4 is 23.5 Å². The fourth-order valence-electron chi connectivity index (χ4n) is 9.38. The Morgan fingerprint density at radius 2 is 1.67 bits per heavy atom. The highest BCUT2D eigenvalue weighted by molar-refractivity contribution is 6.09. The fraction of sp³-hybridized carbons (Fsp3) is 0.487. The number of carbonyl (C=O) groups is 4. The molecule has 4 aliphatic rings. The molecule has 0 bridgehead atoms. The zero-order valence-electron chi connectivity index (χ0n) is 27.7. The summed E-state index contributed by atoms with van der Waals surface area (Å²) in [6, 6.07) is 15.7. The number of ether oxygens (including phenoxy) is 1. The first-order valence-corrected chi connectivity index (χ1v) is 16.3. The Morgan fingerprint density at radius 3 is 2.33 bits per heavy atom. The van der Waals surface area contributed by atoms with Crippen LogP contribution in [-0.4, -0.2) is 46.9 Å². The number of hydrogen-bond acceptors (Lipinski definition) is 6. The number of aliphatic hydroxyl groups excluding tert-OH is 1. The van der Waals surface area contributed by atoms with E-state index in [4.69, 9.17) is 9.84 Å². The zero-order chi connectivity index (χ0) is 33.6. The summed E-state index contributed by atoms with van der Waals surface area (Å²) in [7, 11) is 1.47. The monoisotopic (exact) mass is 626 g/mol. The Morgan fingerprint density at radius 1 is 1.00 bits per heavy atom. The smallest absolute Gasteiger partial charge is 0.312 e. The molecule has 2 aromatic carbocycles.